The number of amides is 2. The lowest BCUT2D eigenvalue weighted by Crippen LogP contribution is -2.28. The van der Waals surface area contributed by atoms with E-state index in [2.05, 4.69) is 50.8 Å². The topological polar surface area (TPSA) is 114 Å². The molecule has 1 aliphatic rings. The quantitative estimate of drug-likeness (QED) is 0.342. The summed E-state index contributed by atoms with van der Waals surface area (Å²) < 4.78 is 11.0. The van der Waals surface area contributed by atoms with E-state index >= 15 is 0 Å². The number of nitrogens with one attached hydrogen (secondary N) is 2. The van der Waals surface area contributed by atoms with Crippen molar-refractivity contribution in [3.05, 3.63) is 87.9 Å². The van der Waals surface area contributed by atoms with Crippen LogP contribution >= 0.6 is 15.9 Å². The van der Waals surface area contributed by atoms with Crippen LogP contribution in [0.1, 0.15) is 27.4 Å². The molecular formula is C26H23BrN2O6. The standard InChI is InChI=1S/C26H23BrN2O6/c27-22-13-16(25(32)28-11-12-34-15-24(30)31)9-10-23(22)29-26(33)35-14-21-19-7-3-1-5-17(19)18-6-2-4-8-20(18)21/h1-10,13,21H,11-12,14-15H2,(H,28,32)(H,29,33)(H,30,31). The van der Waals surface area contributed by atoms with Crippen molar-refractivity contribution >= 4 is 39.6 Å². The number of hydrogen-bond donors (Lipinski definition) is 3. The molecule has 180 valence electrons. The van der Waals surface area contributed by atoms with Crippen LogP contribution in [0.15, 0.2) is 71.2 Å². The third kappa shape index (κ3) is 5.87. The number of carboxylic acids is 1. The van der Waals surface area contributed by atoms with Crippen LogP contribution in [0.25, 0.3) is 11.1 Å². The molecule has 8 nitrogen and oxygen atoms in total. The first-order valence-corrected chi connectivity index (χ1v) is 11.7. The molecule has 0 saturated heterocycles. The highest BCUT2D eigenvalue weighted by Gasteiger charge is 2.29. The number of hydrogen-bond acceptors (Lipinski definition) is 5. The van der Waals surface area contributed by atoms with Gasteiger partial charge in [-0.25, -0.2) is 9.59 Å². The number of benzene rings is 3. The number of anilines is 1. The van der Waals surface area contributed by atoms with Gasteiger partial charge < -0.3 is 19.9 Å². The van der Waals surface area contributed by atoms with Crippen LogP contribution < -0.4 is 10.6 Å². The summed E-state index contributed by atoms with van der Waals surface area (Å²) in [6, 6.07) is 21.0. The van der Waals surface area contributed by atoms with Crippen LogP contribution in [0, 0.1) is 0 Å². The third-order valence-electron chi connectivity index (χ3n) is 5.57. The summed E-state index contributed by atoms with van der Waals surface area (Å²) in [4.78, 5) is 35.2. The highest BCUT2D eigenvalue weighted by atomic mass is 79.9. The van der Waals surface area contributed by atoms with E-state index in [1.54, 1.807) is 18.2 Å². The molecule has 1 aliphatic carbocycles. The summed E-state index contributed by atoms with van der Waals surface area (Å²) in [5, 5.41) is 13.9. The number of carbonyl (C=O) groups excluding carboxylic acids is 2. The van der Waals surface area contributed by atoms with Crippen molar-refractivity contribution in [3.63, 3.8) is 0 Å². The summed E-state index contributed by atoms with van der Waals surface area (Å²) in [6.45, 7) is 0.0314. The van der Waals surface area contributed by atoms with Crippen LogP contribution in [-0.4, -0.2) is 49.4 Å². The fourth-order valence-corrected chi connectivity index (χ4v) is 4.48. The van der Waals surface area contributed by atoms with Gasteiger partial charge in [-0.1, -0.05) is 48.5 Å². The van der Waals surface area contributed by atoms with Gasteiger partial charge in [0.15, 0.2) is 0 Å². The molecule has 0 atom stereocenters. The van der Waals surface area contributed by atoms with E-state index in [9.17, 15) is 14.4 Å². The van der Waals surface area contributed by atoms with Crippen molar-refractivity contribution in [1.82, 2.24) is 5.32 Å². The molecule has 4 rings (SSSR count). The smallest absolute Gasteiger partial charge is 0.411 e. The fraction of sp³-hybridized carbons (Fsp3) is 0.192. The molecule has 35 heavy (non-hydrogen) atoms. The lowest BCUT2D eigenvalue weighted by molar-refractivity contribution is -0.142. The van der Waals surface area contributed by atoms with Gasteiger partial charge in [-0.15, -0.1) is 0 Å². The number of aliphatic carboxylic acids is 1. The van der Waals surface area contributed by atoms with Crippen molar-refractivity contribution in [3.8, 4) is 11.1 Å². The Kier molecular flexibility index (Phi) is 7.79. The van der Waals surface area contributed by atoms with Gasteiger partial charge in [0.05, 0.1) is 12.3 Å². The Bertz CT molecular complexity index is 1220. The molecule has 3 N–H and O–H groups in total. The zero-order valence-corrected chi connectivity index (χ0v) is 20.2. The van der Waals surface area contributed by atoms with E-state index in [4.69, 9.17) is 14.6 Å². The molecule has 3 aromatic rings. The first-order valence-electron chi connectivity index (χ1n) is 10.9. The van der Waals surface area contributed by atoms with Crippen molar-refractivity contribution in [2.75, 3.05) is 31.7 Å². The molecule has 0 bridgehead atoms. The minimum atomic E-state index is -1.07. The number of ether oxygens (including phenoxy) is 2. The molecule has 9 heteroatoms. The summed E-state index contributed by atoms with van der Waals surface area (Å²) in [7, 11) is 0. The summed E-state index contributed by atoms with van der Waals surface area (Å²) in [5.41, 5.74) is 5.40. The Balaban J connectivity index is 1.32. The highest BCUT2D eigenvalue weighted by molar-refractivity contribution is 9.10. The number of halogens is 1. The maximum Gasteiger partial charge on any atom is 0.411 e. The minimum Gasteiger partial charge on any atom is -0.480 e. The summed E-state index contributed by atoms with van der Waals surface area (Å²) >= 11 is 3.37. The van der Waals surface area contributed by atoms with E-state index in [0.29, 0.717) is 15.7 Å². The Hall–Kier alpha value is -3.69. The van der Waals surface area contributed by atoms with E-state index in [0.717, 1.165) is 22.3 Å². The first-order chi connectivity index (χ1) is 16.9. The van der Waals surface area contributed by atoms with Gasteiger partial charge in [0, 0.05) is 22.5 Å². The maximum absolute atomic E-state index is 12.5. The molecule has 0 aromatic heterocycles. The number of carboxylic acid groups (broad SMARTS) is 1. The monoisotopic (exact) mass is 538 g/mol. The summed E-state index contributed by atoms with van der Waals surface area (Å²) in [6.07, 6.45) is -0.597. The zero-order valence-electron chi connectivity index (χ0n) is 18.6. The average Bonchev–Trinajstić information content (AvgIpc) is 3.17. The second-order valence-electron chi connectivity index (χ2n) is 7.85. The molecule has 0 unspecified atom stereocenters. The predicted molar refractivity (Wildman–Crippen MR) is 134 cm³/mol. The van der Waals surface area contributed by atoms with E-state index < -0.39 is 18.7 Å². The lowest BCUT2D eigenvalue weighted by atomic mass is 9.98. The van der Waals surface area contributed by atoms with Gasteiger partial charge in [0.2, 0.25) is 0 Å². The number of carbonyl (C=O) groups is 3. The molecule has 0 saturated carbocycles. The minimum absolute atomic E-state index is 0.0397. The van der Waals surface area contributed by atoms with Gasteiger partial charge in [0.25, 0.3) is 5.91 Å². The molecule has 0 heterocycles. The van der Waals surface area contributed by atoms with Gasteiger partial charge in [-0.2, -0.15) is 0 Å². The molecule has 0 radical (unpaired) electrons. The van der Waals surface area contributed by atoms with Crippen molar-refractivity contribution in [2.24, 2.45) is 0 Å². The first kappa shape index (κ1) is 24.4. The average molecular weight is 539 g/mol. The van der Waals surface area contributed by atoms with Crippen molar-refractivity contribution < 1.29 is 29.0 Å². The van der Waals surface area contributed by atoms with Crippen LogP contribution in [0.5, 0.6) is 0 Å². The SMILES string of the molecule is O=C(O)COCCNC(=O)c1ccc(NC(=O)OCC2c3ccccc3-c3ccccc32)c(Br)c1. The van der Waals surface area contributed by atoms with Crippen LogP contribution in [0.4, 0.5) is 10.5 Å². The Morgan fingerprint density at radius 1 is 0.943 bits per heavy atom. The van der Waals surface area contributed by atoms with E-state index in [1.165, 1.54) is 0 Å². The van der Waals surface area contributed by atoms with Gasteiger partial charge in [0.1, 0.15) is 13.2 Å². The zero-order chi connectivity index (χ0) is 24.8. The van der Waals surface area contributed by atoms with Gasteiger partial charge in [-0.05, 0) is 56.4 Å². The number of fused-ring (bicyclic) bond motifs is 3. The highest BCUT2D eigenvalue weighted by Crippen LogP contribution is 2.44. The maximum atomic E-state index is 12.5. The predicted octanol–water partition coefficient (Wildman–Crippen LogP) is 4.64. The van der Waals surface area contributed by atoms with E-state index in [1.807, 2.05) is 24.3 Å². The number of rotatable bonds is 9. The molecule has 3 aromatic carbocycles. The normalized spacial score (nSPS) is 11.9. The Morgan fingerprint density at radius 3 is 2.23 bits per heavy atom. The molecule has 0 aliphatic heterocycles. The molecule has 2 amide bonds. The third-order valence-corrected chi connectivity index (χ3v) is 6.23. The summed E-state index contributed by atoms with van der Waals surface area (Å²) in [5.74, 6) is -1.46. The second-order valence-corrected chi connectivity index (χ2v) is 8.70. The van der Waals surface area contributed by atoms with Crippen LogP contribution in [-0.2, 0) is 14.3 Å². The Labute approximate surface area is 210 Å². The van der Waals surface area contributed by atoms with Crippen LogP contribution in [0.3, 0.4) is 0 Å². The van der Waals surface area contributed by atoms with Gasteiger partial charge in [-0.3, -0.25) is 10.1 Å². The lowest BCUT2D eigenvalue weighted by Gasteiger charge is -2.15. The molecular weight excluding hydrogens is 516 g/mol. The van der Waals surface area contributed by atoms with Crippen molar-refractivity contribution in [2.45, 2.75) is 5.92 Å². The van der Waals surface area contributed by atoms with Gasteiger partial charge >= 0.3 is 12.1 Å². The van der Waals surface area contributed by atoms with E-state index in [-0.39, 0.29) is 31.6 Å². The van der Waals surface area contributed by atoms with Crippen LogP contribution in [0.2, 0.25) is 0 Å². The molecule has 0 fully saturated rings. The molecule has 0 spiro atoms. The second kappa shape index (κ2) is 11.2. The fourth-order valence-electron chi connectivity index (χ4n) is 4.00. The van der Waals surface area contributed by atoms with Crippen molar-refractivity contribution in [1.29, 1.82) is 0 Å². The Morgan fingerprint density at radius 2 is 1.60 bits per heavy atom. The largest absolute Gasteiger partial charge is 0.480 e.